The first-order valence-electron chi connectivity index (χ1n) is 7.29. The fourth-order valence-corrected chi connectivity index (χ4v) is 2.08. The summed E-state index contributed by atoms with van der Waals surface area (Å²) in [4.78, 5) is 34.5. The van der Waals surface area contributed by atoms with Crippen LogP contribution in [0.25, 0.3) is 0 Å². The third-order valence-electron chi connectivity index (χ3n) is 3.35. The normalized spacial score (nSPS) is 11.4. The number of aryl methyl sites for hydroxylation is 1. The first-order valence-corrected chi connectivity index (χ1v) is 7.29. The summed E-state index contributed by atoms with van der Waals surface area (Å²) in [5.41, 5.74) is 1.58. The molecule has 0 fully saturated rings. The number of hydrogen-bond acceptors (Lipinski definition) is 4. The van der Waals surface area contributed by atoms with Gasteiger partial charge in [-0.3, -0.25) is 19.7 Å². The second-order valence-corrected chi connectivity index (χ2v) is 5.36. The summed E-state index contributed by atoms with van der Waals surface area (Å²) in [5.74, 6) is -0.822. The van der Waals surface area contributed by atoms with Gasteiger partial charge in [-0.1, -0.05) is 23.8 Å². The quantitative estimate of drug-likeness (QED) is 0.651. The number of amides is 2. The van der Waals surface area contributed by atoms with Crippen molar-refractivity contribution in [1.82, 2.24) is 5.32 Å². The molecule has 2 aromatic rings. The molecular formula is C17H17N3O4. The number of benzene rings is 2. The van der Waals surface area contributed by atoms with Gasteiger partial charge in [-0.25, -0.2) is 0 Å². The van der Waals surface area contributed by atoms with Crippen LogP contribution < -0.4 is 10.6 Å². The number of nitrogens with one attached hydrogen (secondary N) is 2. The lowest BCUT2D eigenvalue weighted by Gasteiger charge is -2.14. The second-order valence-electron chi connectivity index (χ2n) is 5.36. The summed E-state index contributed by atoms with van der Waals surface area (Å²) in [6.07, 6.45) is 0. The van der Waals surface area contributed by atoms with Gasteiger partial charge < -0.3 is 10.6 Å². The van der Waals surface area contributed by atoms with Crippen molar-refractivity contribution in [2.45, 2.75) is 19.9 Å². The predicted molar refractivity (Wildman–Crippen MR) is 89.8 cm³/mol. The zero-order valence-corrected chi connectivity index (χ0v) is 13.3. The van der Waals surface area contributed by atoms with E-state index in [1.165, 1.54) is 18.2 Å². The monoisotopic (exact) mass is 327 g/mol. The van der Waals surface area contributed by atoms with Crippen molar-refractivity contribution in [3.05, 3.63) is 69.8 Å². The smallest absolute Gasteiger partial charge is 0.271 e. The minimum absolute atomic E-state index is 0.121. The van der Waals surface area contributed by atoms with Crippen molar-refractivity contribution in [1.29, 1.82) is 0 Å². The highest BCUT2D eigenvalue weighted by Gasteiger charge is 2.17. The summed E-state index contributed by atoms with van der Waals surface area (Å²) >= 11 is 0. The molecule has 0 aromatic heterocycles. The molecule has 2 amide bonds. The Labute approximate surface area is 138 Å². The van der Waals surface area contributed by atoms with E-state index in [0.29, 0.717) is 11.3 Å². The van der Waals surface area contributed by atoms with Crippen LogP contribution in [0.5, 0.6) is 0 Å². The first kappa shape index (κ1) is 17.1. The molecule has 7 nitrogen and oxygen atoms in total. The number of non-ortho nitro benzene ring substituents is 1. The van der Waals surface area contributed by atoms with Crippen LogP contribution in [0.3, 0.4) is 0 Å². The van der Waals surface area contributed by atoms with Crippen molar-refractivity contribution < 1.29 is 14.5 Å². The minimum atomic E-state index is -0.794. The summed E-state index contributed by atoms with van der Waals surface area (Å²) in [7, 11) is 0. The van der Waals surface area contributed by atoms with Crippen LogP contribution in [0.1, 0.15) is 22.8 Å². The Morgan fingerprint density at radius 1 is 1.12 bits per heavy atom. The summed E-state index contributed by atoms with van der Waals surface area (Å²) in [5, 5.41) is 15.9. The van der Waals surface area contributed by atoms with Gasteiger partial charge in [0, 0.05) is 23.4 Å². The number of carbonyl (C=O) groups excluding carboxylic acids is 2. The molecule has 24 heavy (non-hydrogen) atoms. The zero-order valence-electron chi connectivity index (χ0n) is 13.3. The molecule has 2 aromatic carbocycles. The molecular weight excluding hydrogens is 310 g/mol. The molecule has 0 radical (unpaired) electrons. The van der Waals surface area contributed by atoms with Gasteiger partial charge >= 0.3 is 0 Å². The largest absolute Gasteiger partial charge is 0.341 e. The van der Waals surface area contributed by atoms with Crippen molar-refractivity contribution in [3.63, 3.8) is 0 Å². The highest BCUT2D eigenvalue weighted by Crippen LogP contribution is 2.17. The van der Waals surface area contributed by atoms with Crippen LogP contribution in [-0.2, 0) is 4.79 Å². The molecule has 0 saturated heterocycles. The predicted octanol–water partition coefficient (Wildman–Crippen LogP) is 2.66. The van der Waals surface area contributed by atoms with Gasteiger partial charge in [0.25, 0.3) is 11.6 Å². The summed E-state index contributed by atoms with van der Waals surface area (Å²) in [6, 6.07) is 11.8. The van der Waals surface area contributed by atoms with Crippen molar-refractivity contribution >= 4 is 23.2 Å². The second kappa shape index (κ2) is 7.36. The Balaban J connectivity index is 2.01. The third-order valence-corrected chi connectivity index (χ3v) is 3.35. The summed E-state index contributed by atoms with van der Waals surface area (Å²) in [6.45, 7) is 3.41. The molecule has 2 rings (SSSR count). The third kappa shape index (κ3) is 4.39. The fraction of sp³-hybridized carbons (Fsp3) is 0.176. The van der Waals surface area contributed by atoms with Gasteiger partial charge in [0.2, 0.25) is 5.91 Å². The van der Waals surface area contributed by atoms with Crippen molar-refractivity contribution in [3.8, 4) is 0 Å². The van der Waals surface area contributed by atoms with E-state index in [9.17, 15) is 19.7 Å². The van der Waals surface area contributed by atoms with Gasteiger partial charge in [-0.15, -0.1) is 0 Å². The van der Waals surface area contributed by atoms with E-state index in [1.807, 2.05) is 13.0 Å². The highest BCUT2D eigenvalue weighted by atomic mass is 16.6. The van der Waals surface area contributed by atoms with Crippen LogP contribution in [0.15, 0.2) is 48.5 Å². The van der Waals surface area contributed by atoms with E-state index >= 15 is 0 Å². The molecule has 0 aliphatic rings. The van der Waals surface area contributed by atoms with Crippen molar-refractivity contribution in [2.24, 2.45) is 0 Å². The number of nitro groups is 1. The first-order chi connectivity index (χ1) is 11.4. The molecule has 0 heterocycles. The molecule has 0 aliphatic carbocycles. The lowest BCUT2D eigenvalue weighted by atomic mass is 10.1. The number of nitro benzene ring substituents is 1. The Morgan fingerprint density at radius 2 is 1.83 bits per heavy atom. The molecule has 124 valence electrons. The average molecular weight is 327 g/mol. The van der Waals surface area contributed by atoms with E-state index in [0.717, 1.165) is 5.56 Å². The number of rotatable bonds is 5. The molecule has 0 bridgehead atoms. The van der Waals surface area contributed by atoms with Gasteiger partial charge in [0.1, 0.15) is 6.04 Å². The van der Waals surface area contributed by atoms with E-state index < -0.39 is 16.9 Å². The van der Waals surface area contributed by atoms with Crippen LogP contribution in [0, 0.1) is 17.0 Å². The standard InChI is InChI=1S/C17H17N3O4/c1-11-5-3-6-13(9-11)17(22)18-12(2)16(21)19-14-7-4-8-15(10-14)20(23)24/h3-10,12H,1-2H3,(H,18,22)(H,19,21)/t12-/m0/s1. The average Bonchev–Trinajstić information content (AvgIpc) is 2.54. The fourth-order valence-electron chi connectivity index (χ4n) is 2.08. The Kier molecular flexibility index (Phi) is 5.26. The number of carbonyl (C=O) groups is 2. The van der Waals surface area contributed by atoms with Gasteiger partial charge in [0.05, 0.1) is 4.92 Å². The zero-order chi connectivity index (χ0) is 17.7. The molecule has 1 atom stereocenters. The van der Waals surface area contributed by atoms with Crippen LogP contribution in [0.4, 0.5) is 11.4 Å². The Hall–Kier alpha value is -3.22. The van der Waals surface area contributed by atoms with Gasteiger partial charge in [-0.05, 0) is 32.0 Å². The maximum Gasteiger partial charge on any atom is 0.271 e. The molecule has 0 aliphatic heterocycles. The van der Waals surface area contributed by atoms with E-state index in [2.05, 4.69) is 10.6 Å². The Bertz CT molecular complexity index is 789. The van der Waals surface area contributed by atoms with E-state index in [1.54, 1.807) is 31.2 Å². The van der Waals surface area contributed by atoms with E-state index in [4.69, 9.17) is 0 Å². The highest BCUT2D eigenvalue weighted by molar-refractivity contribution is 6.01. The number of hydrogen-bond donors (Lipinski definition) is 2. The van der Waals surface area contributed by atoms with Crippen LogP contribution >= 0.6 is 0 Å². The number of anilines is 1. The molecule has 0 unspecified atom stereocenters. The SMILES string of the molecule is Cc1cccc(C(=O)N[C@@H](C)C(=O)Nc2cccc([N+](=O)[O-])c2)c1. The van der Waals surface area contributed by atoms with Crippen molar-refractivity contribution in [2.75, 3.05) is 5.32 Å². The Morgan fingerprint density at radius 3 is 2.50 bits per heavy atom. The van der Waals surface area contributed by atoms with Gasteiger partial charge in [-0.2, -0.15) is 0 Å². The van der Waals surface area contributed by atoms with Gasteiger partial charge in [0.15, 0.2) is 0 Å². The molecule has 0 saturated carbocycles. The number of nitrogens with zero attached hydrogens (tertiary/aromatic N) is 1. The molecule has 7 heteroatoms. The topological polar surface area (TPSA) is 101 Å². The van der Waals surface area contributed by atoms with E-state index in [-0.39, 0.29) is 11.6 Å². The maximum atomic E-state index is 12.1. The maximum absolute atomic E-state index is 12.1. The minimum Gasteiger partial charge on any atom is -0.341 e. The lowest BCUT2D eigenvalue weighted by Crippen LogP contribution is -2.41. The molecule has 2 N–H and O–H groups in total. The van der Waals surface area contributed by atoms with Crippen LogP contribution in [0.2, 0.25) is 0 Å². The summed E-state index contributed by atoms with van der Waals surface area (Å²) < 4.78 is 0. The van der Waals surface area contributed by atoms with Crippen LogP contribution in [-0.4, -0.2) is 22.8 Å². The molecule has 0 spiro atoms. The lowest BCUT2D eigenvalue weighted by molar-refractivity contribution is -0.384.